The molecule has 2 aliphatic rings. The molecule has 1 saturated carbocycles. The van der Waals surface area contributed by atoms with Gasteiger partial charge in [0.2, 0.25) is 5.91 Å². The maximum Gasteiger partial charge on any atom is 0.238 e. The molecule has 0 aromatic rings. The molecule has 1 heterocycles. The first-order valence-electron chi connectivity index (χ1n) is 7.77. The van der Waals surface area contributed by atoms with E-state index in [9.17, 15) is 4.79 Å². The fourth-order valence-corrected chi connectivity index (χ4v) is 3.73. The molecule has 2 fully saturated rings. The highest BCUT2D eigenvalue weighted by molar-refractivity contribution is 5.83. The van der Waals surface area contributed by atoms with Crippen molar-refractivity contribution >= 4 is 5.91 Å². The van der Waals surface area contributed by atoms with Crippen LogP contribution in [0, 0.1) is 0 Å². The Morgan fingerprint density at radius 2 is 1.89 bits per heavy atom. The van der Waals surface area contributed by atoms with Crippen molar-refractivity contribution in [1.82, 2.24) is 15.5 Å². The van der Waals surface area contributed by atoms with Crippen molar-refractivity contribution in [3.63, 3.8) is 0 Å². The summed E-state index contributed by atoms with van der Waals surface area (Å²) in [7, 11) is 1.93. The third-order valence-corrected chi connectivity index (χ3v) is 4.65. The second-order valence-electron chi connectivity index (χ2n) is 6.66. The van der Waals surface area contributed by atoms with E-state index in [1.807, 2.05) is 7.05 Å². The van der Waals surface area contributed by atoms with E-state index in [1.54, 1.807) is 0 Å². The van der Waals surface area contributed by atoms with Gasteiger partial charge < -0.3 is 10.6 Å². The fourth-order valence-electron chi connectivity index (χ4n) is 3.73. The predicted octanol–water partition coefficient (Wildman–Crippen LogP) is 1.51. The van der Waals surface area contributed by atoms with Crippen molar-refractivity contribution < 1.29 is 4.79 Å². The molecular formula is C15H29N3O. The summed E-state index contributed by atoms with van der Waals surface area (Å²) in [6.45, 7) is 6.04. The number of nitrogens with zero attached hydrogens (tertiary/aromatic N) is 1. The van der Waals surface area contributed by atoms with Crippen LogP contribution in [0.25, 0.3) is 0 Å². The van der Waals surface area contributed by atoms with E-state index in [1.165, 1.54) is 38.5 Å². The molecule has 1 atom stereocenters. The molecule has 4 heteroatoms. The number of carbonyl (C=O) groups excluding carboxylic acids is 1. The van der Waals surface area contributed by atoms with E-state index in [-0.39, 0.29) is 17.5 Å². The van der Waals surface area contributed by atoms with Crippen molar-refractivity contribution in [1.29, 1.82) is 0 Å². The first kappa shape index (κ1) is 14.8. The summed E-state index contributed by atoms with van der Waals surface area (Å²) in [4.78, 5) is 14.7. The molecule has 2 rings (SSSR count). The van der Waals surface area contributed by atoms with Crippen LogP contribution in [0.4, 0.5) is 0 Å². The first-order chi connectivity index (χ1) is 9.06. The molecule has 0 spiro atoms. The molecule has 1 saturated heterocycles. The van der Waals surface area contributed by atoms with Crippen molar-refractivity contribution in [3.8, 4) is 0 Å². The number of rotatable bonds is 3. The van der Waals surface area contributed by atoms with Gasteiger partial charge in [-0.2, -0.15) is 0 Å². The Bertz CT molecular complexity index is 309. The van der Waals surface area contributed by atoms with E-state index < -0.39 is 0 Å². The lowest BCUT2D eigenvalue weighted by molar-refractivity contribution is -0.137. The molecule has 1 aliphatic carbocycles. The summed E-state index contributed by atoms with van der Waals surface area (Å²) in [6, 6.07) is 0.554. The minimum atomic E-state index is -0.0168. The second-order valence-corrected chi connectivity index (χ2v) is 6.66. The molecule has 19 heavy (non-hydrogen) atoms. The normalized spacial score (nSPS) is 29.8. The minimum absolute atomic E-state index is 0.0168. The lowest BCUT2D eigenvalue weighted by atomic mass is 9.90. The molecule has 1 unspecified atom stereocenters. The number of carbonyl (C=O) groups is 1. The Morgan fingerprint density at radius 3 is 2.47 bits per heavy atom. The second kappa shape index (κ2) is 6.23. The molecular weight excluding hydrogens is 238 g/mol. The first-order valence-corrected chi connectivity index (χ1v) is 7.77. The van der Waals surface area contributed by atoms with Gasteiger partial charge in [-0.05, 0) is 33.7 Å². The Hall–Kier alpha value is -0.610. The van der Waals surface area contributed by atoms with Crippen LogP contribution in [0.15, 0.2) is 0 Å². The monoisotopic (exact) mass is 267 g/mol. The van der Waals surface area contributed by atoms with Gasteiger partial charge in [-0.25, -0.2) is 0 Å². The number of nitrogens with one attached hydrogen (secondary N) is 2. The zero-order valence-corrected chi connectivity index (χ0v) is 12.7. The number of hydrogen-bond donors (Lipinski definition) is 2. The standard InChI is InChI=1S/C15H29N3O/c1-15(2)11-17-14(19)13(10-16-3)18(15)12-8-6-4-5-7-9-12/h12-13,16H,4-11H2,1-3H3,(H,17,19). The SMILES string of the molecule is CNCC1C(=O)NCC(C)(C)N1C1CCCCCC1. The Morgan fingerprint density at radius 1 is 1.26 bits per heavy atom. The largest absolute Gasteiger partial charge is 0.353 e. The number of likely N-dealkylation sites (N-methyl/N-ethyl adjacent to an activating group) is 1. The molecule has 1 aliphatic heterocycles. The highest BCUT2D eigenvalue weighted by Crippen LogP contribution is 2.31. The maximum atomic E-state index is 12.2. The van der Waals surface area contributed by atoms with E-state index in [4.69, 9.17) is 0 Å². The van der Waals surface area contributed by atoms with Crippen molar-refractivity contribution in [3.05, 3.63) is 0 Å². The molecule has 2 N–H and O–H groups in total. The third-order valence-electron chi connectivity index (χ3n) is 4.65. The summed E-state index contributed by atoms with van der Waals surface area (Å²) in [5.41, 5.74) is 0.0600. The van der Waals surface area contributed by atoms with E-state index in [0.29, 0.717) is 6.04 Å². The Kier molecular flexibility index (Phi) is 4.85. The molecule has 1 amide bonds. The average molecular weight is 267 g/mol. The summed E-state index contributed by atoms with van der Waals surface area (Å²) in [5.74, 6) is 0.193. The number of piperazine rings is 1. The van der Waals surface area contributed by atoms with Crippen LogP contribution in [-0.2, 0) is 4.79 Å². The molecule has 0 radical (unpaired) electrons. The average Bonchev–Trinajstić information content (AvgIpc) is 2.63. The molecule has 110 valence electrons. The van der Waals surface area contributed by atoms with E-state index >= 15 is 0 Å². The van der Waals surface area contributed by atoms with Crippen molar-refractivity contribution in [2.24, 2.45) is 0 Å². The third kappa shape index (κ3) is 3.29. The molecule has 0 bridgehead atoms. The Balaban J connectivity index is 2.20. The lowest BCUT2D eigenvalue weighted by Crippen LogP contribution is -2.69. The van der Waals surface area contributed by atoms with Gasteiger partial charge in [0.25, 0.3) is 0 Å². The van der Waals surface area contributed by atoms with Gasteiger partial charge in [-0.3, -0.25) is 9.69 Å². The number of amides is 1. The van der Waals surface area contributed by atoms with E-state index in [0.717, 1.165) is 13.1 Å². The molecule has 0 aromatic heterocycles. The van der Waals surface area contributed by atoms with Gasteiger partial charge in [-0.15, -0.1) is 0 Å². The van der Waals surface area contributed by atoms with Crippen LogP contribution in [0.3, 0.4) is 0 Å². The van der Waals surface area contributed by atoms with Crippen LogP contribution in [-0.4, -0.2) is 48.6 Å². The van der Waals surface area contributed by atoms with E-state index in [2.05, 4.69) is 29.4 Å². The van der Waals surface area contributed by atoms with Crippen LogP contribution in [0.2, 0.25) is 0 Å². The highest BCUT2D eigenvalue weighted by atomic mass is 16.2. The van der Waals surface area contributed by atoms with Gasteiger partial charge in [0, 0.05) is 24.7 Å². The fraction of sp³-hybridized carbons (Fsp3) is 0.933. The summed E-state index contributed by atoms with van der Waals surface area (Å²) in [5, 5.41) is 6.26. The highest BCUT2D eigenvalue weighted by Gasteiger charge is 2.44. The quantitative estimate of drug-likeness (QED) is 0.762. The van der Waals surface area contributed by atoms with Gasteiger partial charge >= 0.3 is 0 Å². The van der Waals surface area contributed by atoms with Crippen molar-refractivity contribution in [2.45, 2.75) is 70.0 Å². The van der Waals surface area contributed by atoms with Gasteiger partial charge in [-0.1, -0.05) is 25.7 Å². The number of hydrogen-bond acceptors (Lipinski definition) is 3. The van der Waals surface area contributed by atoms with Gasteiger partial charge in [0.15, 0.2) is 0 Å². The lowest BCUT2D eigenvalue weighted by Gasteiger charge is -2.51. The molecule has 4 nitrogen and oxygen atoms in total. The molecule has 0 aromatic carbocycles. The zero-order valence-electron chi connectivity index (χ0n) is 12.7. The predicted molar refractivity (Wildman–Crippen MR) is 78.1 cm³/mol. The van der Waals surface area contributed by atoms with Gasteiger partial charge in [0.05, 0.1) is 0 Å². The van der Waals surface area contributed by atoms with Gasteiger partial charge in [0.1, 0.15) is 6.04 Å². The minimum Gasteiger partial charge on any atom is -0.353 e. The topological polar surface area (TPSA) is 44.4 Å². The maximum absolute atomic E-state index is 12.2. The summed E-state index contributed by atoms with van der Waals surface area (Å²) < 4.78 is 0. The summed E-state index contributed by atoms with van der Waals surface area (Å²) >= 11 is 0. The Labute approximate surface area is 117 Å². The van der Waals surface area contributed by atoms with Crippen LogP contribution < -0.4 is 10.6 Å². The van der Waals surface area contributed by atoms with Crippen LogP contribution >= 0.6 is 0 Å². The summed E-state index contributed by atoms with van der Waals surface area (Å²) in [6.07, 6.45) is 7.82. The van der Waals surface area contributed by atoms with Crippen LogP contribution in [0.5, 0.6) is 0 Å². The van der Waals surface area contributed by atoms with Crippen molar-refractivity contribution in [2.75, 3.05) is 20.1 Å². The smallest absolute Gasteiger partial charge is 0.238 e. The van der Waals surface area contributed by atoms with Crippen LogP contribution in [0.1, 0.15) is 52.4 Å². The zero-order chi connectivity index (χ0) is 13.9.